The van der Waals surface area contributed by atoms with E-state index in [0.717, 1.165) is 45.9 Å². The van der Waals surface area contributed by atoms with Gasteiger partial charge < -0.3 is 29.2 Å². The normalized spacial score (nSPS) is 16.7. The summed E-state index contributed by atoms with van der Waals surface area (Å²) in [6, 6.07) is 7.19. The predicted molar refractivity (Wildman–Crippen MR) is 128 cm³/mol. The van der Waals surface area contributed by atoms with Gasteiger partial charge in [0, 0.05) is 56.6 Å². The number of aliphatic hydroxyl groups excluding tert-OH is 1. The highest BCUT2D eigenvalue weighted by molar-refractivity contribution is 5.94. The van der Waals surface area contributed by atoms with Gasteiger partial charge in [0.25, 0.3) is 0 Å². The Hall–Kier alpha value is -2.83. The molecule has 35 heavy (non-hydrogen) atoms. The van der Waals surface area contributed by atoms with Gasteiger partial charge in [-0.3, -0.25) is 9.80 Å². The van der Waals surface area contributed by atoms with Crippen LogP contribution in [-0.2, 0) is 9.47 Å². The molecular formula is C24H34N4O7. The topological polar surface area (TPSA) is 127 Å². The number of methoxy groups -OCH3 is 1. The van der Waals surface area contributed by atoms with E-state index < -0.39 is 5.97 Å². The number of benzene rings is 1. The first-order valence-electron chi connectivity index (χ1n) is 11.7. The summed E-state index contributed by atoms with van der Waals surface area (Å²) in [5.41, 5.74) is 0.883. The smallest absolute Gasteiger partial charge is 0.355 e. The molecule has 11 heteroatoms. The Kier molecular flexibility index (Phi) is 11.1. The lowest BCUT2D eigenvalue weighted by atomic mass is 10.0. The fourth-order valence-corrected chi connectivity index (χ4v) is 3.72. The fourth-order valence-electron chi connectivity index (χ4n) is 3.72. The molecule has 192 valence electrons. The third-order valence-corrected chi connectivity index (χ3v) is 5.63. The van der Waals surface area contributed by atoms with E-state index in [1.165, 1.54) is 13.3 Å². The molecule has 0 bridgehead atoms. The summed E-state index contributed by atoms with van der Waals surface area (Å²) in [6.07, 6.45) is 1.46. The molecule has 2 fully saturated rings. The van der Waals surface area contributed by atoms with Gasteiger partial charge in [0.2, 0.25) is 0 Å². The molecule has 0 spiro atoms. The molecule has 2 saturated heterocycles. The molecule has 2 aromatic rings. The van der Waals surface area contributed by atoms with Crippen LogP contribution in [0.4, 0.5) is 0 Å². The molecule has 0 saturated carbocycles. The fraction of sp³-hybridized carbons (Fsp3) is 0.542. The van der Waals surface area contributed by atoms with Crippen molar-refractivity contribution in [1.29, 1.82) is 0 Å². The van der Waals surface area contributed by atoms with Crippen LogP contribution in [0.2, 0.25) is 0 Å². The zero-order valence-corrected chi connectivity index (χ0v) is 20.1. The minimum absolute atomic E-state index is 0.0503. The van der Waals surface area contributed by atoms with Crippen molar-refractivity contribution >= 4 is 5.97 Å². The van der Waals surface area contributed by atoms with Crippen molar-refractivity contribution in [3.05, 3.63) is 36.2 Å². The monoisotopic (exact) mass is 490 g/mol. The van der Waals surface area contributed by atoms with Crippen LogP contribution in [0, 0.1) is 0 Å². The Morgan fingerprint density at radius 2 is 1.63 bits per heavy atom. The van der Waals surface area contributed by atoms with E-state index in [1.807, 2.05) is 6.07 Å². The Morgan fingerprint density at radius 3 is 2.23 bits per heavy atom. The lowest BCUT2D eigenvalue weighted by molar-refractivity contribution is 0.0306. The quantitative estimate of drug-likeness (QED) is 0.520. The molecule has 0 amide bonds. The van der Waals surface area contributed by atoms with E-state index >= 15 is 0 Å². The largest absolute Gasteiger partial charge is 0.496 e. The Labute approximate surface area is 205 Å². The molecule has 4 rings (SSSR count). The van der Waals surface area contributed by atoms with Gasteiger partial charge in [0.05, 0.1) is 40.1 Å². The number of aromatic nitrogens is 2. The summed E-state index contributed by atoms with van der Waals surface area (Å²) in [5, 5.41) is 18.1. The number of hydrogen-bond acceptors (Lipinski definition) is 10. The standard InChI is InChI=1S/C18H21N3O5.C6H13NO2/c1-24-15-5-3-2-4-13(15)14-12-19-18(20-16(14)17(22)23)26-11-8-21-6-9-25-10-7-21;8-4-1-7-2-5-9-6-3-7/h2-5,12H,6-11H2,1H3,(H,22,23);8H,1-6H2. The molecule has 2 aliphatic rings. The van der Waals surface area contributed by atoms with Crippen LogP contribution >= 0.6 is 0 Å². The number of nitrogens with zero attached hydrogens (tertiary/aromatic N) is 4. The first kappa shape index (κ1) is 26.8. The lowest BCUT2D eigenvalue weighted by Gasteiger charge is -2.26. The highest BCUT2D eigenvalue weighted by atomic mass is 16.5. The van der Waals surface area contributed by atoms with E-state index in [-0.39, 0.29) is 18.3 Å². The van der Waals surface area contributed by atoms with Crippen LogP contribution in [0.15, 0.2) is 30.5 Å². The molecule has 0 atom stereocenters. The van der Waals surface area contributed by atoms with E-state index in [9.17, 15) is 9.90 Å². The number of ether oxygens (including phenoxy) is 4. The van der Waals surface area contributed by atoms with E-state index in [0.29, 0.717) is 43.2 Å². The maximum Gasteiger partial charge on any atom is 0.355 e. The number of carboxylic acid groups (broad SMARTS) is 1. The summed E-state index contributed by atoms with van der Waals surface area (Å²) in [5.74, 6) is -0.592. The third kappa shape index (κ3) is 8.41. The number of aromatic carboxylic acids is 1. The Bertz CT molecular complexity index is 916. The number of rotatable bonds is 9. The van der Waals surface area contributed by atoms with Gasteiger partial charge in [-0.25, -0.2) is 9.78 Å². The zero-order valence-electron chi connectivity index (χ0n) is 20.1. The number of aliphatic hydroxyl groups is 1. The number of para-hydroxylation sites is 1. The maximum atomic E-state index is 11.7. The molecule has 0 aliphatic carbocycles. The number of β-amino-alcohol motifs (C(OH)–C–C–N with tert-alkyl or cyclic N) is 1. The molecular weight excluding hydrogens is 456 g/mol. The minimum Gasteiger partial charge on any atom is -0.496 e. The van der Waals surface area contributed by atoms with Crippen molar-refractivity contribution < 1.29 is 34.0 Å². The van der Waals surface area contributed by atoms with Crippen LogP contribution in [0.25, 0.3) is 11.1 Å². The third-order valence-electron chi connectivity index (χ3n) is 5.63. The van der Waals surface area contributed by atoms with E-state index in [2.05, 4.69) is 19.8 Å². The van der Waals surface area contributed by atoms with E-state index in [1.54, 1.807) is 18.2 Å². The predicted octanol–water partition coefficient (Wildman–Crippen LogP) is 0.872. The summed E-state index contributed by atoms with van der Waals surface area (Å²) >= 11 is 0. The minimum atomic E-state index is -1.15. The Balaban J connectivity index is 0.000000320. The van der Waals surface area contributed by atoms with Crippen molar-refractivity contribution in [2.45, 2.75) is 0 Å². The van der Waals surface area contributed by atoms with Crippen LogP contribution < -0.4 is 9.47 Å². The highest BCUT2D eigenvalue weighted by Gasteiger charge is 2.19. The zero-order chi connectivity index (χ0) is 24.9. The second kappa shape index (κ2) is 14.5. The Morgan fingerprint density at radius 1 is 1.00 bits per heavy atom. The number of morpholine rings is 2. The molecule has 3 heterocycles. The molecule has 1 aromatic carbocycles. The molecule has 1 aromatic heterocycles. The molecule has 11 nitrogen and oxygen atoms in total. The van der Waals surface area contributed by atoms with Gasteiger partial charge in [-0.15, -0.1) is 0 Å². The first-order chi connectivity index (χ1) is 17.1. The van der Waals surface area contributed by atoms with Crippen LogP contribution in [0.5, 0.6) is 11.8 Å². The van der Waals surface area contributed by atoms with Gasteiger partial charge >= 0.3 is 12.0 Å². The number of carbonyl (C=O) groups is 1. The SMILES string of the molecule is COc1ccccc1-c1cnc(OCCN2CCOCC2)nc1C(=O)O.OCCN1CCOCC1. The average molecular weight is 491 g/mol. The van der Waals surface area contributed by atoms with Gasteiger partial charge in [-0.05, 0) is 6.07 Å². The van der Waals surface area contributed by atoms with Gasteiger partial charge in [0.1, 0.15) is 12.4 Å². The van der Waals surface area contributed by atoms with Crippen molar-refractivity contribution in [1.82, 2.24) is 19.8 Å². The second-order valence-electron chi connectivity index (χ2n) is 7.90. The number of carboxylic acids is 1. The van der Waals surface area contributed by atoms with Gasteiger partial charge in [-0.1, -0.05) is 18.2 Å². The lowest BCUT2D eigenvalue weighted by Crippen LogP contribution is -2.38. The summed E-state index contributed by atoms with van der Waals surface area (Å²) < 4.78 is 21.3. The van der Waals surface area contributed by atoms with Crippen molar-refractivity contribution in [3.8, 4) is 22.9 Å². The summed E-state index contributed by atoms with van der Waals surface area (Å²) in [6.45, 7) is 8.89. The highest BCUT2D eigenvalue weighted by Crippen LogP contribution is 2.31. The van der Waals surface area contributed by atoms with Crippen LogP contribution in [-0.4, -0.2) is 122 Å². The maximum absolute atomic E-state index is 11.7. The van der Waals surface area contributed by atoms with Gasteiger partial charge in [-0.2, -0.15) is 4.98 Å². The molecule has 2 aliphatic heterocycles. The average Bonchev–Trinajstić information content (AvgIpc) is 2.90. The summed E-state index contributed by atoms with van der Waals surface area (Å²) in [7, 11) is 1.53. The molecule has 0 unspecified atom stereocenters. The van der Waals surface area contributed by atoms with E-state index in [4.69, 9.17) is 24.1 Å². The van der Waals surface area contributed by atoms with Crippen LogP contribution in [0.3, 0.4) is 0 Å². The first-order valence-corrected chi connectivity index (χ1v) is 11.7. The van der Waals surface area contributed by atoms with Crippen LogP contribution in [0.1, 0.15) is 10.5 Å². The van der Waals surface area contributed by atoms with Crippen molar-refractivity contribution in [2.75, 3.05) is 86.0 Å². The summed E-state index contributed by atoms with van der Waals surface area (Å²) in [4.78, 5) is 24.3. The molecule has 0 radical (unpaired) electrons. The van der Waals surface area contributed by atoms with Crippen molar-refractivity contribution in [3.63, 3.8) is 0 Å². The van der Waals surface area contributed by atoms with Gasteiger partial charge in [0.15, 0.2) is 5.69 Å². The molecule has 2 N–H and O–H groups in total. The second-order valence-corrected chi connectivity index (χ2v) is 7.90. The number of hydrogen-bond donors (Lipinski definition) is 2. The van der Waals surface area contributed by atoms with Crippen molar-refractivity contribution in [2.24, 2.45) is 0 Å².